The smallest absolute Gasteiger partial charge is 0.309 e. The molecule has 1 N–H and O–H groups in total. The molecule has 0 aromatic carbocycles. The molecule has 5 aliphatic rings. The van der Waals surface area contributed by atoms with Crippen molar-refractivity contribution < 1.29 is 14.7 Å². The van der Waals surface area contributed by atoms with Crippen molar-refractivity contribution in [2.24, 2.45) is 56.2 Å². The maximum Gasteiger partial charge on any atom is 0.309 e. The summed E-state index contributed by atoms with van der Waals surface area (Å²) in [5, 5.41) is 10.1. The monoisotopic (exact) mass is 456 g/mol. The fourth-order valence-electron chi connectivity index (χ4n) is 11.1. The van der Waals surface area contributed by atoms with E-state index in [9.17, 15) is 14.7 Å². The number of fused-ring (bicyclic) bond motifs is 7. The van der Waals surface area contributed by atoms with Gasteiger partial charge in [-0.15, -0.1) is 0 Å². The maximum atomic E-state index is 12.8. The lowest BCUT2D eigenvalue weighted by atomic mass is 9.30. The fraction of sp³-hybridized carbons (Fsp3) is 0.933. The predicted molar refractivity (Wildman–Crippen MR) is 132 cm³/mol. The van der Waals surface area contributed by atoms with E-state index in [1.54, 1.807) is 0 Å². The Hall–Kier alpha value is -0.860. The minimum atomic E-state index is -0.593. The Morgan fingerprint density at radius 2 is 1.36 bits per heavy atom. The minimum Gasteiger partial charge on any atom is -0.481 e. The highest BCUT2D eigenvalue weighted by molar-refractivity contribution is 5.80. The van der Waals surface area contributed by atoms with Crippen molar-refractivity contribution in [2.45, 2.75) is 119 Å². The maximum absolute atomic E-state index is 12.8. The number of carbonyl (C=O) groups excluding carboxylic acids is 1. The van der Waals surface area contributed by atoms with Gasteiger partial charge in [0.25, 0.3) is 0 Å². The van der Waals surface area contributed by atoms with E-state index >= 15 is 0 Å². The molecule has 5 rings (SSSR count). The number of ketones is 1. The number of carboxylic acids is 1. The largest absolute Gasteiger partial charge is 0.481 e. The normalized spacial score (nSPS) is 58.5. The average molecular weight is 457 g/mol. The highest BCUT2D eigenvalue weighted by atomic mass is 16.4. The van der Waals surface area contributed by atoms with Gasteiger partial charge < -0.3 is 5.11 Å². The van der Waals surface area contributed by atoms with Gasteiger partial charge >= 0.3 is 5.97 Å². The Morgan fingerprint density at radius 3 is 2.03 bits per heavy atom. The minimum absolute atomic E-state index is 0.180. The average Bonchev–Trinajstić information content (AvgIpc) is 2.73. The molecule has 3 nitrogen and oxygen atoms in total. The molecule has 0 aliphatic heterocycles. The van der Waals surface area contributed by atoms with Crippen LogP contribution in [-0.2, 0) is 9.59 Å². The number of Topliss-reactive ketones (excluding diaryl/α,β-unsaturated/α-hetero) is 1. The number of hydrogen-bond acceptors (Lipinski definition) is 2. The third-order valence-corrected chi connectivity index (χ3v) is 14.0. The lowest BCUT2D eigenvalue weighted by Crippen LogP contribution is -2.68. The highest BCUT2D eigenvalue weighted by Crippen LogP contribution is 2.78. The SMILES string of the molecule is CC1CC(=O)CC2C1(C)CCC1C2(C)CCC2(C)C3CC(C)(C(=O)O)CCC3(C)CCC12C. The van der Waals surface area contributed by atoms with Gasteiger partial charge in [-0.1, -0.05) is 41.5 Å². The molecule has 0 saturated heterocycles. The summed E-state index contributed by atoms with van der Waals surface area (Å²) < 4.78 is 0. The van der Waals surface area contributed by atoms with Gasteiger partial charge in [-0.3, -0.25) is 9.59 Å². The van der Waals surface area contributed by atoms with Crippen LogP contribution in [0.15, 0.2) is 0 Å². The molecule has 3 heteroatoms. The molecule has 0 amide bonds. The van der Waals surface area contributed by atoms with Crippen molar-refractivity contribution in [3.63, 3.8) is 0 Å². The van der Waals surface area contributed by atoms with Gasteiger partial charge in [-0.2, -0.15) is 0 Å². The van der Waals surface area contributed by atoms with Crippen LogP contribution in [0.3, 0.4) is 0 Å². The lowest BCUT2D eigenvalue weighted by Gasteiger charge is -2.74. The van der Waals surface area contributed by atoms with Crippen molar-refractivity contribution in [2.75, 3.05) is 0 Å². The van der Waals surface area contributed by atoms with Gasteiger partial charge in [-0.25, -0.2) is 0 Å². The first kappa shape index (κ1) is 23.9. The Labute approximate surface area is 201 Å². The van der Waals surface area contributed by atoms with Crippen molar-refractivity contribution in [3.8, 4) is 0 Å². The van der Waals surface area contributed by atoms with Crippen LogP contribution in [-0.4, -0.2) is 16.9 Å². The number of hydrogen-bond donors (Lipinski definition) is 1. The molecular weight excluding hydrogens is 408 g/mol. The van der Waals surface area contributed by atoms with E-state index in [0.717, 1.165) is 32.1 Å². The van der Waals surface area contributed by atoms with E-state index in [1.165, 1.54) is 38.5 Å². The Morgan fingerprint density at radius 1 is 0.758 bits per heavy atom. The number of carbonyl (C=O) groups is 2. The summed E-state index contributed by atoms with van der Waals surface area (Å²) in [4.78, 5) is 25.1. The van der Waals surface area contributed by atoms with Crippen molar-refractivity contribution >= 4 is 11.8 Å². The zero-order valence-corrected chi connectivity index (χ0v) is 22.4. The summed E-state index contributed by atoms with van der Waals surface area (Å²) in [6, 6.07) is 0. The molecule has 0 heterocycles. The Kier molecular flexibility index (Phi) is 4.97. The number of rotatable bonds is 1. The van der Waals surface area contributed by atoms with Crippen molar-refractivity contribution in [1.82, 2.24) is 0 Å². The second kappa shape index (κ2) is 6.88. The van der Waals surface area contributed by atoms with Gasteiger partial charge in [0.05, 0.1) is 5.41 Å². The molecule has 33 heavy (non-hydrogen) atoms. The molecule has 0 aromatic rings. The van der Waals surface area contributed by atoms with E-state index in [4.69, 9.17) is 0 Å². The quantitative estimate of drug-likeness (QED) is 0.444. The van der Waals surface area contributed by atoms with Crippen LogP contribution in [0.25, 0.3) is 0 Å². The van der Waals surface area contributed by atoms with Gasteiger partial charge in [0.15, 0.2) is 0 Å². The molecule has 10 atom stereocenters. The Balaban J connectivity index is 1.55. The van der Waals surface area contributed by atoms with Gasteiger partial charge in [0.1, 0.15) is 5.78 Å². The standard InChI is InChI=1S/C30H48O3/c1-19-16-20(31)17-22-27(19,4)9-8-21-28(22,5)13-15-30(7)23-18-26(3,24(32)33)11-10-25(23,2)12-14-29(21,30)6/h19,21-23H,8-18H2,1-7H3,(H,32,33). The summed E-state index contributed by atoms with van der Waals surface area (Å²) in [7, 11) is 0. The zero-order valence-electron chi connectivity index (χ0n) is 22.4. The molecule has 0 spiro atoms. The molecule has 0 aromatic heterocycles. The van der Waals surface area contributed by atoms with Crippen LogP contribution >= 0.6 is 0 Å². The van der Waals surface area contributed by atoms with Gasteiger partial charge in [0.2, 0.25) is 0 Å². The highest BCUT2D eigenvalue weighted by Gasteiger charge is 2.71. The second-order valence-electron chi connectivity index (χ2n) is 15.1. The van der Waals surface area contributed by atoms with Crippen molar-refractivity contribution in [1.29, 1.82) is 0 Å². The molecule has 0 radical (unpaired) electrons. The molecule has 5 fully saturated rings. The second-order valence-corrected chi connectivity index (χ2v) is 15.1. The Bertz CT molecular complexity index is 880. The lowest BCUT2D eigenvalue weighted by molar-refractivity contribution is -0.257. The van der Waals surface area contributed by atoms with E-state index in [0.29, 0.717) is 34.9 Å². The molecule has 5 aliphatic carbocycles. The summed E-state index contributed by atoms with van der Waals surface area (Å²) >= 11 is 0. The predicted octanol–water partition coefficient (Wildman–Crippen LogP) is 7.52. The van der Waals surface area contributed by atoms with E-state index in [-0.39, 0.29) is 21.7 Å². The number of carboxylic acid groups (broad SMARTS) is 1. The summed E-state index contributed by atoms with van der Waals surface area (Å²) in [5.41, 5.74) is 0.618. The van der Waals surface area contributed by atoms with Crippen LogP contribution in [0, 0.1) is 56.2 Å². The third kappa shape index (κ3) is 2.86. The topological polar surface area (TPSA) is 54.4 Å². The summed E-state index contributed by atoms with van der Waals surface area (Å²) in [6.45, 7) is 17.1. The molecule has 10 unspecified atom stereocenters. The van der Waals surface area contributed by atoms with E-state index in [1.807, 2.05) is 6.92 Å². The van der Waals surface area contributed by atoms with E-state index < -0.39 is 11.4 Å². The molecule has 5 saturated carbocycles. The van der Waals surface area contributed by atoms with Gasteiger partial charge in [-0.05, 0) is 115 Å². The summed E-state index contributed by atoms with van der Waals surface area (Å²) in [5.74, 6) is 2.01. The molecule has 0 bridgehead atoms. The van der Waals surface area contributed by atoms with Crippen LogP contribution < -0.4 is 0 Å². The van der Waals surface area contributed by atoms with Crippen LogP contribution in [0.4, 0.5) is 0 Å². The molecular formula is C30H48O3. The third-order valence-electron chi connectivity index (χ3n) is 14.0. The zero-order chi connectivity index (χ0) is 24.2. The molecule has 186 valence electrons. The summed E-state index contributed by atoms with van der Waals surface area (Å²) in [6.07, 6.45) is 11.7. The first-order valence-electron chi connectivity index (χ1n) is 13.9. The first-order chi connectivity index (χ1) is 15.1. The van der Waals surface area contributed by atoms with E-state index in [2.05, 4.69) is 41.5 Å². The number of aliphatic carboxylic acids is 1. The van der Waals surface area contributed by atoms with Crippen LogP contribution in [0.5, 0.6) is 0 Å². The van der Waals surface area contributed by atoms with Gasteiger partial charge in [0, 0.05) is 12.8 Å². The van der Waals surface area contributed by atoms with Crippen molar-refractivity contribution in [3.05, 3.63) is 0 Å². The van der Waals surface area contributed by atoms with Crippen LogP contribution in [0.2, 0.25) is 0 Å². The fourth-order valence-corrected chi connectivity index (χ4v) is 11.1. The first-order valence-corrected chi connectivity index (χ1v) is 13.9. The van der Waals surface area contributed by atoms with Crippen LogP contribution in [0.1, 0.15) is 119 Å².